The van der Waals surface area contributed by atoms with Crippen LogP contribution in [0.15, 0.2) is 54.2 Å². The molecule has 0 bridgehead atoms. The fraction of sp³-hybridized carbons (Fsp3) is 0.360. The number of amides is 2. The lowest BCUT2D eigenvalue weighted by molar-refractivity contribution is -0.120. The molecule has 1 fully saturated rings. The van der Waals surface area contributed by atoms with E-state index in [-0.39, 0.29) is 11.8 Å². The Bertz CT molecular complexity index is 1000. The van der Waals surface area contributed by atoms with E-state index in [2.05, 4.69) is 16.7 Å². The monoisotopic (exact) mass is 419 g/mol. The smallest absolute Gasteiger partial charge is 0.282 e. The number of anilines is 1. The van der Waals surface area contributed by atoms with Crippen LogP contribution in [0, 0.1) is 6.92 Å². The summed E-state index contributed by atoms with van der Waals surface area (Å²) in [5.41, 5.74) is 3.41. The molecule has 0 saturated carbocycles. The Morgan fingerprint density at radius 3 is 2.26 bits per heavy atom. The number of piperazine rings is 1. The lowest BCUT2D eigenvalue weighted by atomic mass is 10.0. The molecule has 0 spiro atoms. The second kappa shape index (κ2) is 8.94. The van der Waals surface area contributed by atoms with Gasteiger partial charge in [0.2, 0.25) is 0 Å². The molecule has 6 nitrogen and oxygen atoms in total. The lowest BCUT2D eigenvalue weighted by Crippen LogP contribution is -2.47. The molecule has 0 N–H and O–H groups in total. The summed E-state index contributed by atoms with van der Waals surface area (Å²) in [6.07, 6.45) is 0. The predicted molar refractivity (Wildman–Crippen MR) is 122 cm³/mol. The van der Waals surface area contributed by atoms with Crippen LogP contribution >= 0.6 is 0 Å². The van der Waals surface area contributed by atoms with Crippen molar-refractivity contribution in [1.29, 1.82) is 0 Å². The summed E-state index contributed by atoms with van der Waals surface area (Å²) < 4.78 is 5.59. The van der Waals surface area contributed by atoms with Gasteiger partial charge in [-0.25, -0.2) is 4.90 Å². The number of carbonyl (C=O) groups is 2. The van der Waals surface area contributed by atoms with Gasteiger partial charge in [-0.3, -0.25) is 9.59 Å². The van der Waals surface area contributed by atoms with E-state index in [1.165, 1.54) is 4.90 Å². The van der Waals surface area contributed by atoms with Gasteiger partial charge < -0.3 is 14.5 Å². The molecule has 2 aromatic carbocycles. The van der Waals surface area contributed by atoms with E-state index in [1.54, 1.807) is 12.1 Å². The van der Waals surface area contributed by atoms with Crippen molar-refractivity contribution in [3.63, 3.8) is 0 Å². The molecule has 0 atom stereocenters. The third-order valence-corrected chi connectivity index (χ3v) is 5.92. The van der Waals surface area contributed by atoms with E-state index in [0.717, 1.165) is 43.9 Å². The molecular weight excluding hydrogens is 390 g/mol. The van der Waals surface area contributed by atoms with Gasteiger partial charge in [0.05, 0.1) is 17.9 Å². The quantitative estimate of drug-likeness (QED) is 0.673. The van der Waals surface area contributed by atoms with Gasteiger partial charge in [-0.15, -0.1) is 0 Å². The summed E-state index contributed by atoms with van der Waals surface area (Å²) >= 11 is 0. The van der Waals surface area contributed by atoms with Crippen molar-refractivity contribution >= 4 is 23.1 Å². The molecule has 2 aliphatic rings. The molecular formula is C25H29N3O3. The maximum Gasteiger partial charge on any atom is 0.282 e. The predicted octanol–water partition coefficient (Wildman–Crippen LogP) is 3.32. The average Bonchev–Trinajstić information content (AvgIpc) is 3.05. The third-order valence-electron chi connectivity index (χ3n) is 5.92. The van der Waals surface area contributed by atoms with Crippen molar-refractivity contribution in [2.45, 2.75) is 20.8 Å². The third kappa shape index (κ3) is 4.08. The van der Waals surface area contributed by atoms with Crippen molar-refractivity contribution in [2.75, 3.05) is 44.2 Å². The SMILES string of the molecule is CCOc1cccc(N2C(=O)C(c3ccc(C)cc3)=C(N3CCN(CC)CC3)C2=O)c1. The molecule has 31 heavy (non-hydrogen) atoms. The number of imide groups is 1. The Kier molecular flexibility index (Phi) is 6.09. The zero-order chi connectivity index (χ0) is 22.0. The first-order valence-electron chi connectivity index (χ1n) is 10.9. The first-order chi connectivity index (χ1) is 15.0. The van der Waals surface area contributed by atoms with Gasteiger partial charge in [0.25, 0.3) is 11.8 Å². The molecule has 0 aliphatic carbocycles. The number of likely N-dealkylation sites (N-methyl/N-ethyl adjacent to an activating group) is 1. The van der Waals surface area contributed by atoms with E-state index >= 15 is 0 Å². The number of nitrogens with zero attached hydrogens (tertiary/aromatic N) is 3. The number of benzene rings is 2. The molecule has 1 saturated heterocycles. The highest BCUT2D eigenvalue weighted by molar-refractivity contribution is 6.45. The van der Waals surface area contributed by atoms with Gasteiger partial charge in [0, 0.05) is 32.2 Å². The molecule has 6 heteroatoms. The molecule has 162 valence electrons. The summed E-state index contributed by atoms with van der Waals surface area (Å²) in [5.74, 6) is 0.0945. The first-order valence-corrected chi connectivity index (χ1v) is 10.9. The standard InChI is InChI=1S/C25H29N3O3/c1-4-26-13-15-27(16-14-26)23-22(19-11-9-18(3)10-12-19)24(29)28(25(23)30)20-7-6-8-21(17-20)31-5-2/h6-12,17H,4-5,13-16H2,1-3H3. The summed E-state index contributed by atoms with van der Waals surface area (Å²) in [6, 6.07) is 15.0. The average molecular weight is 420 g/mol. The van der Waals surface area contributed by atoms with Gasteiger partial charge in [0.1, 0.15) is 11.4 Å². The van der Waals surface area contributed by atoms with Crippen LogP contribution in [0.5, 0.6) is 5.75 Å². The minimum Gasteiger partial charge on any atom is -0.494 e. The van der Waals surface area contributed by atoms with Crippen LogP contribution in [0.3, 0.4) is 0 Å². The van der Waals surface area contributed by atoms with Crippen molar-refractivity contribution in [2.24, 2.45) is 0 Å². The van der Waals surface area contributed by atoms with Gasteiger partial charge in [0.15, 0.2) is 0 Å². The maximum atomic E-state index is 13.6. The van der Waals surface area contributed by atoms with Crippen molar-refractivity contribution in [1.82, 2.24) is 9.80 Å². The second-order valence-corrected chi connectivity index (χ2v) is 7.89. The van der Waals surface area contributed by atoms with Crippen molar-refractivity contribution in [3.8, 4) is 5.75 Å². The highest BCUT2D eigenvalue weighted by atomic mass is 16.5. The number of carbonyl (C=O) groups excluding carboxylic acids is 2. The van der Waals surface area contributed by atoms with E-state index in [4.69, 9.17) is 4.74 Å². The molecule has 2 amide bonds. The fourth-order valence-corrected chi connectivity index (χ4v) is 4.19. The number of ether oxygens (including phenoxy) is 1. The Labute approximate surface area is 183 Å². The van der Waals surface area contributed by atoms with E-state index < -0.39 is 0 Å². The van der Waals surface area contributed by atoms with Gasteiger partial charge >= 0.3 is 0 Å². The normalized spacial score (nSPS) is 17.6. The van der Waals surface area contributed by atoms with Crippen LogP contribution in [0.2, 0.25) is 0 Å². The Balaban J connectivity index is 1.75. The molecule has 2 aromatic rings. The largest absolute Gasteiger partial charge is 0.494 e. The minimum atomic E-state index is -0.282. The van der Waals surface area contributed by atoms with Crippen molar-refractivity contribution in [3.05, 3.63) is 65.4 Å². The Morgan fingerprint density at radius 2 is 1.61 bits per heavy atom. The van der Waals surface area contributed by atoms with Crippen LogP contribution in [-0.2, 0) is 9.59 Å². The summed E-state index contributed by atoms with van der Waals surface area (Å²) in [4.78, 5) is 33.0. The van der Waals surface area contributed by atoms with Crippen LogP contribution < -0.4 is 9.64 Å². The fourth-order valence-electron chi connectivity index (χ4n) is 4.19. The molecule has 0 aromatic heterocycles. The van der Waals surface area contributed by atoms with Gasteiger partial charge in [-0.2, -0.15) is 0 Å². The second-order valence-electron chi connectivity index (χ2n) is 7.89. The maximum absolute atomic E-state index is 13.6. The summed E-state index contributed by atoms with van der Waals surface area (Å²) in [7, 11) is 0. The number of hydrogen-bond acceptors (Lipinski definition) is 5. The van der Waals surface area contributed by atoms with Gasteiger partial charge in [-0.1, -0.05) is 42.8 Å². The number of aryl methyl sites for hydroxylation is 1. The minimum absolute atomic E-state index is 0.265. The highest BCUT2D eigenvalue weighted by Crippen LogP contribution is 2.36. The van der Waals surface area contributed by atoms with Crippen LogP contribution in [0.25, 0.3) is 5.57 Å². The Morgan fingerprint density at radius 1 is 0.903 bits per heavy atom. The zero-order valence-corrected chi connectivity index (χ0v) is 18.4. The summed E-state index contributed by atoms with van der Waals surface area (Å²) in [6.45, 7) is 10.8. The van der Waals surface area contributed by atoms with Crippen molar-refractivity contribution < 1.29 is 14.3 Å². The topological polar surface area (TPSA) is 53.1 Å². The number of hydrogen-bond donors (Lipinski definition) is 0. The summed E-state index contributed by atoms with van der Waals surface area (Å²) in [5, 5.41) is 0. The van der Waals surface area contributed by atoms with Crippen LogP contribution in [-0.4, -0.2) is 60.9 Å². The highest BCUT2D eigenvalue weighted by Gasteiger charge is 2.43. The molecule has 2 heterocycles. The molecule has 4 rings (SSSR count). The molecule has 0 radical (unpaired) electrons. The first kappa shape index (κ1) is 21.1. The Hall–Kier alpha value is -3.12. The lowest BCUT2D eigenvalue weighted by Gasteiger charge is -2.36. The zero-order valence-electron chi connectivity index (χ0n) is 18.4. The van der Waals surface area contributed by atoms with Crippen LogP contribution in [0.4, 0.5) is 5.69 Å². The molecule has 0 unspecified atom stereocenters. The van der Waals surface area contributed by atoms with E-state index in [9.17, 15) is 9.59 Å². The van der Waals surface area contributed by atoms with E-state index in [0.29, 0.717) is 29.3 Å². The number of rotatable bonds is 6. The van der Waals surface area contributed by atoms with Crippen LogP contribution in [0.1, 0.15) is 25.0 Å². The van der Waals surface area contributed by atoms with Gasteiger partial charge in [-0.05, 0) is 38.1 Å². The van der Waals surface area contributed by atoms with E-state index in [1.807, 2.05) is 50.2 Å². The molecule has 2 aliphatic heterocycles.